The highest BCUT2D eigenvalue weighted by molar-refractivity contribution is 5.10. The number of unbranched alkanes of at least 4 members (excludes halogenated alkanes) is 4. The van der Waals surface area contributed by atoms with Gasteiger partial charge in [-0.15, -0.1) is 0 Å². The second kappa shape index (κ2) is 32.9. The maximum atomic E-state index is 2.37. The zero-order valence-electron chi connectivity index (χ0n) is 51.0. The van der Waals surface area contributed by atoms with Crippen molar-refractivity contribution in [1.29, 1.82) is 0 Å². The van der Waals surface area contributed by atoms with Crippen molar-refractivity contribution in [1.82, 2.24) is 0 Å². The molecule has 11 rings (SSSR count). The summed E-state index contributed by atoms with van der Waals surface area (Å²) in [6.07, 6.45) is 42.5. The largest absolute Gasteiger partial charge is 0.0654 e. The van der Waals surface area contributed by atoms with E-state index in [0.717, 1.165) is 93.2 Å². The number of hydrogen-bond donors (Lipinski definition) is 0. The molecule has 11 saturated carbocycles. The van der Waals surface area contributed by atoms with Crippen LogP contribution in [0, 0.1) is 98.6 Å². The molecule has 11 fully saturated rings. The average molecular weight is 940 g/mol. The van der Waals surface area contributed by atoms with Crippen molar-refractivity contribution in [3.8, 4) is 0 Å². The maximum Gasteiger partial charge on any atom is -0.0268 e. The van der Waals surface area contributed by atoms with Gasteiger partial charge in [-0.3, -0.25) is 0 Å². The van der Waals surface area contributed by atoms with Crippen LogP contribution >= 0.6 is 0 Å². The third-order valence-corrected chi connectivity index (χ3v) is 20.6. The van der Waals surface area contributed by atoms with Crippen molar-refractivity contribution in [2.75, 3.05) is 0 Å². The highest BCUT2D eigenvalue weighted by Crippen LogP contribution is 2.70. The van der Waals surface area contributed by atoms with E-state index in [1.807, 2.05) is 0 Å². The summed E-state index contributed by atoms with van der Waals surface area (Å²) in [6.45, 7) is 48.5. The fourth-order valence-electron chi connectivity index (χ4n) is 10.3. The Morgan fingerprint density at radius 2 is 0.806 bits per heavy atom. The zero-order valence-corrected chi connectivity index (χ0v) is 51.0. The van der Waals surface area contributed by atoms with Crippen LogP contribution in [0.25, 0.3) is 0 Å². The first-order valence-corrected chi connectivity index (χ1v) is 31.3. The molecule has 0 aromatic rings. The Morgan fingerprint density at radius 1 is 0.403 bits per heavy atom. The van der Waals surface area contributed by atoms with Gasteiger partial charge in [0.2, 0.25) is 0 Å². The van der Waals surface area contributed by atoms with E-state index in [2.05, 4.69) is 145 Å². The quantitative estimate of drug-likeness (QED) is 0.223. The van der Waals surface area contributed by atoms with Gasteiger partial charge in [0.1, 0.15) is 0 Å². The van der Waals surface area contributed by atoms with E-state index >= 15 is 0 Å². The topological polar surface area (TPSA) is 0 Å². The second-order valence-electron chi connectivity index (χ2n) is 28.6. The van der Waals surface area contributed by atoms with Gasteiger partial charge in [0, 0.05) is 0 Å². The minimum atomic E-state index is 0.708. The van der Waals surface area contributed by atoms with Crippen LogP contribution in [0.5, 0.6) is 0 Å². The van der Waals surface area contributed by atoms with E-state index in [4.69, 9.17) is 0 Å². The lowest BCUT2D eigenvalue weighted by molar-refractivity contribution is 0.190. The van der Waals surface area contributed by atoms with E-state index in [1.54, 1.807) is 19.3 Å². The third-order valence-electron chi connectivity index (χ3n) is 20.6. The fourth-order valence-corrected chi connectivity index (χ4v) is 10.3. The molecular formula is C67H134. The fraction of sp³-hybridized carbons (Fsp3) is 1.00. The van der Waals surface area contributed by atoms with Gasteiger partial charge in [-0.2, -0.15) is 0 Å². The van der Waals surface area contributed by atoms with Gasteiger partial charge in [0.05, 0.1) is 0 Å². The Bertz CT molecular complexity index is 1070. The molecule has 0 heteroatoms. The molecule has 0 aromatic heterocycles. The molecule has 0 nitrogen and oxygen atoms in total. The summed E-state index contributed by atoms with van der Waals surface area (Å²) in [4.78, 5) is 0. The molecular weight excluding hydrogens is 805 g/mol. The zero-order chi connectivity index (χ0) is 51.0. The molecule has 11 aliphatic carbocycles. The lowest BCUT2D eigenvalue weighted by atomic mass is 9.72. The number of hydrogen-bond acceptors (Lipinski definition) is 0. The summed E-state index contributed by atoms with van der Waals surface area (Å²) >= 11 is 0. The first-order valence-electron chi connectivity index (χ1n) is 31.3. The van der Waals surface area contributed by atoms with Gasteiger partial charge < -0.3 is 0 Å². The summed E-state index contributed by atoms with van der Waals surface area (Å²) in [6, 6.07) is 0. The van der Waals surface area contributed by atoms with Crippen LogP contribution in [0.3, 0.4) is 0 Å². The van der Waals surface area contributed by atoms with Crippen LogP contribution in [0.15, 0.2) is 0 Å². The predicted molar refractivity (Wildman–Crippen MR) is 308 cm³/mol. The summed E-state index contributed by atoms with van der Waals surface area (Å²) in [5.74, 6) is 13.6. The van der Waals surface area contributed by atoms with Gasteiger partial charge in [0.15, 0.2) is 0 Å². The Labute approximate surface area is 428 Å². The van der Waals surface area contributed by atoms with Gasteiger partial charge in [0.25, 0.3) is 0 Å². The van der Waals surface area contributed by atoms with E-state index < -0.39 is 0 Å². The molecule has 0 aliphatic heterocycles. The smallest absolute Gasteiger partial charge is 0.0268 e. The molecule has 0 amide bonds. The van der Waals surface area contributed by atoms with Crippen LogP contribution in [0.2, 0.25) is 0 Å². The van der Waals surface area contributed by atoms with E-state index in [9.17, 15) is 0 Å². The van der Waals surface area contributed by atoms with Crippen LogP contribution in [0.4, 0.5) is 0 Å². The monoisotopic (exact) mass is 939 g/mol. The second-order valence-corrected chi connectivity index (χ2v) is 28.6. The summed E-state index contributed by atoms with van der Waals surface area (Å²) in [5, 5.41) is 0. The highest BCUT2D eigenvalue weighted by atomic mass is 14.6. The summed E-state index contributed by atoms with van der Waals surface area (Å²) in [7, 11) is 0. The molecule has 11 aliphatic rings. The molecule has 0 bridgehead atoms. The van der Waals surface area contributed by atoms with Crippen LogP contribution < -0.4 is 0 Å². The standard InChI is InChI=1S/C7H16.C6H10.9C6H12/c1-3-5-7-6-4-2;1-5-4-6(5)2-3-6;1-5-4-6(5,2)3;1-5-3-6(2)4-5;1-6(2)4-3-5-6;1-5-3-4-6(5)2;1-4-5(2)6(4)3;1-6-4-2-3-5-6;1-3-6(2)4-5-6;1-3-6-4-5(6)2;1-2-6-4-3-5-6/h3-7H2,1-2H3;5H,2-4H2,1H3;5H,4H2,1-3H3;5-6H,3-4H2,1-2H3;3-5H2,1-2H3;5-6H,3-4H2,1-2H3;4-6H,1-3H3;6H,2-5H2,1H3;3-5H2,1-2H3;5-6H,3-4H2,1-2H3;6H,2-5H2,1H3/t;5-;;;;5-,6?;;;;;/m.0...1...../s1. The van der Waals surface area contributed by atoms with Crippen molar-refractivity contribution in [2.45, 2.75) is 332 Å². The Morgan fingerprint density at radius 3 is 0.851 bits per heavy atom. The first kappa shape index (κ1) is 65.0. The Hall–Kier alpha value is 0. The van der Waals surface area contributed by atoms with Gasteiger partial charge in [-0.1, -0.05) is 261 Å². The average Bonchev–Trinajstić information content (AvgIpc) is 4.04. The van der Waals surface area contributed by atoms with Crippen LogP contribution in [-0.4, -0.2) is 0 Å². The van der Waals surface area contributed by atoms with Crippen molar-refractivity contribution < 1.29 is 0 Å². The molecule has 67 heavy (non-hydrogen) atoms. The Balaban J connectivity index is 0.000000368. The third kappa shape index (κ3) is 31.3. The molecule has 402 valence electrons. The number of rotatable bonds is 7. The molecule has 0 heterocycles. The first-order chi connectivity index (χ1) is 31.3. The van der Waals surface area contributed by atoms with Crippen molar-refractivity contribution in [2.24, 2.45) is 98.6 Å². The highest BCUT2D eigenvalue weighted by Gasteiger charge is 2.59. The molecule has 0 saturated heterocycles. The van der Waals surface area contributed by atoms with Crippen molar-refractivity contribution >= 4 is 0 Å². The summed E-state index contributed by atoms with van der Waals surface area (Å²) in [5.41, 5.74) is 3.18. The Kier molecular flexibility index (Phi) is 32.0. The van der Waals surface area contributed by atoms with Crippen molar-refractivity contribution in [3.05, 3.63) is 0 Å². The minimum Gasteiger partial charge on any atom is -0.0654 e. The van der Waals surface area contributed by atoms with Gasteiger partial charge in [-0.25, -0.2) is 0 Å². The van der Waals surface area contributed by atoms with E-state index in [-0.39, 0.29) is 0 Å². The van der Waals surface area contributed by atoms with Crippen molar-refractivity contribution in [3.63, 3.8) is 0 Å². The van der Waals surface area contributed by atoms with Gasteiger partial charge >= 0.3 is 0 Å². The lowest BCUT2D eigenvalue weighted by Crippen LogP contribution is -2.20. The SMILES string of the molecule is CC1(C)CCC1.CC1C(C)C1C.CC1CC(C)C1.CC1CC1(C)C.CC1CCCC1.CC1CC[C@H]1C.CCC1(C)CC1.CCC1CC1C.CCC1CCC1.CCCCCCC.C[C@H]1CC12CC2. The van der Waals surface area contributed by atoms with Crippen LogP contribution in [-0.2, 0) is 0 Å². The molecule has 0 aromatic carbocycles. The maximum absolute atomic E-state index is 2.37. The molecule has 0 N–H and O–H groups in total. The molecule has 6 atom stereocenters. The van der Waals surface area contributed by atoms with E-state index in [1.165, 1.54) is 167 Å². The van der Waals surface area contributed by atoms with Crippen LogP contribution in [0.1, 0.15) is 332 Å². The van der Waals surface area contributed by atoms with Gasteiger partial charge in [-0.05, 0) is 169 Å². The van der Waals surface area contributed by atoms with E-state index in [0.29, 0.717) is 5.41 Å². The normalized spacial score (nSPS) is 35.0. The molecule has 0 radical (unpaired) electrons. The minimum absolute atomic E-state index is 0.708. The molecule has 4 unspecified atom stereocenters. The predicted octanol–water partition coefficient (Wildman–Crippen LogP) is 23.7. The summed E-state index contributed by atoms with van der Waals surface area (Å²) < 4.78 is 0. The lowest BCUT2D eigenvalue weighted by Gasteiger charge is -2.33. The molecule has 1 spiro atoms.